The average Bonchev–Trinajstić information content (AvgIpc) is 2.94. The van der Waals surface area contributed by atoms with Crippen LogP contribution in [0.15, 0.2) is 91.0 Å². The highest BCUT2D eigenvalue weighted by molar-refractivity contribution is 6.42. The Morgan fingerprint density at radius 3 is 2.28 bits per heavy atom. The number of rotatable bonds is 11. The third kappa shape index (κ3) is 7.84. The summed E-state index contributed by atoms with van der Waals surface area (Å²) in [4.78, 5) is 29.3. The Morgan fingerprint density at radius 1 is 0.821 bits per heavy atom. The van der Waals surface area contributed by atoms with E-state index in [0.717, 1.165) is 27.5 Å². The molecule has 0 aromatic heterocycles. The fourth-order valence-electron chi connectivity index (χ4n) is 4.71. The molecule has 4 aromatic rings. The van der Waals surface area contributed by atoms with E-state index in [1.165, 1.54) is 0 Å². The summed E-state index contributed by atoms with van der Waals surface area (Å²) in [6.07, 6.45) is 1.26. The van der Waals surface area contributed by atoms with Gasteiger partial charge in [-0.25, -0.2) is 0 Å². The predicted molar refractivity (Wildman–Crippen MR) is 161 cm³/mol. The molecule has 2 amide bonds. The minimum absolute atomic E-state index is 0.0883. The van der Waals surface area contributed by atoms with E-state index in [-0.39, 0.29) is 30.7 Å². The maximum Gasteiger partial charge on any atom is 0.243 e. The Labute approximate surface area is 240 Å². The van der Waals surface area contributed by atoms with Crippen molar-refractivity contribution >= 4 is 45.8 Å². The standard InChI is InChI=1S/C33H34Cl2N2O2/c1-23(2)21-36-33(39)31(20-24-9-4-3-5-10-24)37(22-25-15-17-29(34)30(35)19-25)32(38)18-16-27-13-8-12-26-11-6-7-14-28(26)27/h3-15,17,19,23,31H,16,18,20-22H2,1-2H3,(H,36,39)/t31-/m1/s1. The van der Waals surface area contributed by atoms with E-state index in [1.807, 2.05) is 54.6 Å². The number of halogens is 2. The molecule has 0 saturated heterocycles. The molecule has 1 atom stereocenters. The molecule has 0 fully saturated rings. The molecule has 0 heterocycles. The highest BCUT2D eigenvalue weighted by Gasteiger charge is 2.30. The lowest BCUT2D eigenvalue weighted by molar-refractivity contribution is -0.141. The second-order valence-electron chi connectivity index (χ2n) is 10.3. The Balaban J connectivity index is 1.65. The van der Waals surface area contributed by atoms with Crippen molar-refractivity contribution in [3.8, 4) is 0 Å². The molecule has 0 bridgehead atoms. The van der Waals surface area contributed by atoms with Gasteiger partial charge in [-0.2, -0.15) is 0 Å². The molecule has 0 aliphatic carbocycles. The Kier molecular flexibility index (Phi) is 10.0. The predicted octanol–water partition coefficient (Wildman–Crippen LogP) is 7.49. The van der Waals surface area contributed by atoms with Crippen molar-refractivity contribution in [3.63, 3.8) is 0 Å². The van der Waals surface area contributed by atoms with Crippen LogP contribution in [0.25, 0.3) is 10.8 Å². The molecular formula is C33H34Cl2N2O2. The van der Waals surface area contributed by atoms with Crippen LogP contribution in [0.2, 0.25) is 10.0 Å². The van der Waals surface area contributed by atoms with Gasteiger partial charge in [0.05, 0.1) is 10.0 Å². The van der Waals surface area contributed by atoms with Gasteiger partial charge in [-0.15, -0.1) is 0 Å². The average molecular weight is 562 g/mol. The molecule has 0 aliphatic rings. The maximum atomic E-state index is 14.0. The summed E-state index contributed by atoms with van der Waals surface area (Å²) in [6.45, 7) is 4.89. The van der Waals surface area contributed by atoms with E-state index < -0.39 is 6.04 Å². The van der Waals surface area contributed by atoms with Gasteiger partial charge >= 0.3 is 0 Å². The van der Waals surface area contributed by atoms with E-state index in [2.05, 4.69) is 43.4 Å². The van der Waals surface area contributed by atoms with Crippen molar-refractivity contribution < 1.29 is 9.59 Å². The minimum atomic E-state index is -0.680. The number of nitrogens with one attached hydrogen (secondary N) is 1. The zero-order valence-corrected chi connectivity index (χ0v) is 23.9. The van der Waals surface area contributed by atoms with Crippen LogP contribution < -0.4 is 5.32 Å². The van der Waals surface area contributed by atoms with Crippen LogP contribution in [-0.2, 0) is 29.0 Å². The quantitative estimate of drug-likeness (QED) is 0.206. The smallest absolute Gasteiger partial charge is 0.243 e. The number of carbonyl (C=O) groups is 2. The molecule has 0 radical (unpaired) electrons. The number of aryl methyl sites for hydroxylation is 1. The first-order valence-corrected chi connectivity index (χ1v) is 14.1. The molecule has 4 rings (SSSR count). The summed E-state index contributed by atoms with van der Waals surface area (Å²) >= 11 is 12.5. The van der Waals surface area contributed by atoms with Crippen LogP contribution in [0.4, 0.5) is 0 Å². The highest BCUT2D eigenvalue weighted by atomic mass is 35.5. The van der Waals surface area contributed by atoms with Crippen molar-refractivity contribution in [1.82, 2.24) is 10.2 Å². The Bertz CT molecular complexity index is 1420. The van der Waals surface area contributed by atoms with E-state index in [0.29, 0.717) is 29.4 Å². The van der Waals surface area contributed by atoms with Crippen LogP contribution >= 0.6 is 23.2 Å². The minimum Gasteiger partial charge on any atom is -0.354 e. The van der Waals surface area contributed by atoms with Crippen LogP contribution in [0, 0.1) is 5.92 Å². The molecule has 4 nitrogen and oxygen atoms in total. The van der Waals surface area contributed by atoms with Gasteiger partial charge in [-0.1, -0.05) is 116 Å². The number of hydrogen-bond acceptors (Lipinski definition) is 2. The largest absolute Gasteiger partial charge is 0.354 e. The first kappa shape index (κ1) is 28.7. The van der Waals surface area contributed by atoms with Crippen LogP contribution in [-0.4, -0.2) is 29.3 Å². The summed E-state index contributed by atoms with van der Waals surface area (Å²) in [7, 11) is 0. The molecular weight excluding hydrogens is 527 g/mol. The van der Waals surface area contributed by atoms with Crippen LogP contribution in [0.3, 0.4) is 0 Å². The number of carbonyl (C=O) groups excluding carboxylic acids is 2. The summed E-state index contributed by atoms with van der Waals surface area (Å²) in [5.74, 6) is 0.0395. The Hall–Kier alpha value is -3.34. The lowest BCUT2D eigenvalue weighted by Crippen LogP contribution is -2.51. The number of amides is 2. The lowest BCUT2D eigenvalue weighted by atomic mass is 9.99. The molecule has 0 aliphatic heterocycles. The Morgan fingerprint density at radius 2 is 1.54 bits per heavy atom. The zero-order valence-electron chi connectivity index (χ0n) is 22.4. The molecule has 202 valence electrons. The topological polar surface area (TPSA) is 49.4 Å². The summed E-state index contributed by atoms with van der Waals surface area (Å²) in [5, 5.41) is 6.21. The van der Waals surface area contributed by atoms with Gasteiger partial charge in [0.25, 0.3) is 0 Å². The SMILES string of the molecule is CC(C)CNC(=O)[C@@H](Cc1ccccc1)N(Cc1ccc(Cl)c(Cl)c1)C(=O)CCc1cccc2ccccc12. The number of fused-ring (bicyclic) bond motifs is 1. The van der Waals surface area contributed by atoms with Gasteiger partial charge in [0, 0.05) is 25.9 Å². The highest BCUT2D eigenvalue weighted by Crippen LogP contribution is 2.25. The fraction of sp³-hybridized carbons (Fsp3) is 0.273. The summed E-state index contributed by atoms with van der Waals surface area (Å²) in [5.41, 5.74) is 2.92. The van der Waals surface area contributed by atoms with Gasteiger partial charge in [-0.3, -0.25) is 9.59 Å². The van der Waals surface area contributed by atoms with Crippen molar-refractivity contribution in [1.29, 1.82) is 0 Å². The van der Waals surface area contributed by atoms with Crippen molar-refractivity contribution in [2.45, 2.75) is 45.7 Å². The van der Waals surface area contributed by atoms with Crippen LogP contribution in [0.1, 0.15) is 37.0 Å². The van der Waals surface area contributed by atoms with Gasteiger partial charge in [0.1, 0.15) is 6.04 Å². The lowest BCUT2D eigenvalue weighted by Gasteiger charge is -2.32. The summed E-state index contributed by atoms with van der Waals surface area (Å²) in [6, 6.07) is 28.8. The molecule has 0 spiro atoms. The molecule has 1 N–H and O–H groups in total. The normalized spacial score (nSPS) is 11.9. The number of nitrogens with zero attached hydrogens (tertiary/aromatic N) is 1. The van der Waals surface area contributed by atoms with E-state index in [9.17, 15) is 9.59 Å². The maximum absolute atomic E-state index is 14.0. The van der Waals surface area contributed by atoms with Gasteiger partial charge < -0.3 is 10.2 Å². The van der Waals surface area contributed by atoms with E-state index >= 15 is 0 Å². The first-order chi connectivity index (χ1) is 18.8. The molecule has 0 saturated carbocycles. The summed E-state index contributed by atoms with van der Waals surface area (Å²) < 4.78 is 0. The van der Waals surface area contributed by atoms with Crippen LogP contribution in [0.5, 0.6) is 0 Å². The molecule has 0 unspecified atom stereocenters. The monoisotopic (exact) mass is 560 g/mol. The second kappa shape index (κ2) is 13.6. The third-order valence-electron chi connectivity index (χ3n) is 6.78. The van der Waals surface area contributed by atoms with Crippen molar-refractivity contribution in [2.75, 3.05) is 6.54 Å². The van der Waals surface area contributed by atoms with Gasteiger partial charge in [0.15, 0.2) is 0 Å². The van der Waals surface area contributed by atoms with E-state index in [4.69, 9.17) is 23.2 Å². The molecule has 6 heteroatoms. The number of hydrogen-bond donors (Lipinski definition) is 1. The second-order valence-corrected chi connectivity index (χ2v) is 11.1. The third-order valence-corrected chi connectivity index (χ3v) is 7.52. The molecule has 4 aromatic carbocycles. The first-order valence-electron chi connectivity index (χ1n) is 13.3. The van der Waals surface area contributed by atoms with Gasteiger partial charge in [0.2, 0.25) is 11.8 Å². The number of benzene rings is 4. The van der Waals surface area contributed by atoms with Crippen molar-refractivity contribution in [2.24, 2.45) is 5.92 Å². The van der Waals surface area contributed by atoms with E-state index in [1.54, 1.807) is 17.0 Å². The molecule has 39 heavy (non-hydrogen) atoms. The van der Waals surface area contributed by atoms with Gasteiger partial charge in [-0.05, 0) is 51.9 Å². The zero-order chi connectivity index (χ0) is 27.8. The van der Waals surface area contributed by atoms with Crippen molar-refractivity contribution in [3.05, 3.63) is 118 Å². The fourth-order valence-corrected chi connectivity index (χ4v) is 5.03.